The predicted molar refractivity (Wildman–Crippen MR) is 99.4 cm³/mol. The molecule has 0 heterocycles. The maximum absolute atomic E-state index is 12.6. The molecule has 7 N–H and O–H groups in total. The minimum absolute atomic E-state index is 0.0442. The van der Waals surface area contributed by atoms with E-state index in [-0.39, 0.29) is 11.8 Å². The Morgan fingerprint density at radius 3 is 2.14 bits per heavy atom. The van der Waals surface area contributed by atoms with Crippen LogP contribution in [-0.4, -0.2) is 77.1 Å². The Hall–Kier alpha value is -2.18. The summed E-state index contributed by atoms with van der Waals surface area (Å²) in [6, 6.07) is -2.12. The predicted octanol–water partition coefficient (Wildman–Crippen LogP) is -3.21. The van der Waals surface area contributed by atoms with Gasteiger partial charge in [0.2, 0.25) is 23.6 Å². The highest BCUT2D eigenvalue weighted by Crippen LogP contribution is 2.28. The zero-order chi connectivity index (χ0) is 21.3. The summed E-state index contributed by atoms with van der Waals surface area (Å²) >= 11 is 0. The molecule has 1 saturated carbocycles. The van der Waals surface area contributed by atoms with Crippen molar-refractivity contribution in [3.05, 3.63) is 0 Å². The molecule has 4 amide bonds. The summed E-state index contributed by atoms with van der Waals surface area (Å²) in [5, 5.41) is 36.7. The fourth-order valence-corrected chi connectivity index (χ4v) is 3.10. The van der Waals surface area contributed by atoms with Crippen LogP contribution >= 0.6 is 0 Å². The maximum Gasteiger partial charge on any atom is 0.472 e. The van der Waals surface area contributed by atoms with Gasteiger partial charge in [0.15, 0.2) is 0 Å². The van der Waals surface area contributed by atoms with E-state index in [1.807, 2.05) is 0 Å². The van der Waals surface area contributed by atoms with Gasteiger partial charge in [-0.2, -0.15) is 0 Å². The Balaban J connectivity index is 2.67. The number of hydrogen-bond donors (Lipinski definition) is 7. The van der Waals surface area contributed by atoms with Gasteiger partial charge in [0.25, 0.3) is 0 Å². The Kier molecular flexibility index (Phi) is 9.90. The topological polar surface area (TPSA) is 177 Å². The molecule has 0 aromatic carbocycles. The number of nitrogens with one attached hydrogen (secondary N) is 4. The highest BCUT2D eigenvalue weighted by Gasteiger charge is 2.34. The molecule has 1 aliphatic rings. The van der Waals surface area contributed by atoms with Crippen molar-refractivity contribution in [3.8, 4) is 0 Å². The molecule has 0 aliphatic heterocycles. The first-order valence-corrected chi connectivity index (χ1v) is 9.28. The standard InChI is InChI=1S/C16H29BN4O7/c1-9(22)13(15(25)18-7-12(24)19-8-17(27)28)21-16(26)14(20-10(2)23)11-5-3-4-6-11/h9,11,13-14,22,27-28H,3-8H2,1-2H3,(H,18,25)(H,19,24)(H,20,23)(H,21,26)/t9?,13-,14-/m0/s1. The SMILES string of the molecule is CC(=O)N[C@H](C(=O)N[C@H](C(=O)NCC(=O)NCB(O)O)C(C)O)C1CCCC1. The summed E-state index contributed by atoms with van der Waals surface area (Å²) in [6.07, 6.45) is 1.82. The number of carbonyl (C=O) groups is 4. The summed E-state index contributed by atoms with van der Waals surface area (Å²) in [6.45, 7) is 2.15. The second-order valence-corrected chi connectivity index (χ2v) is 6.95. The Morgan fingerprint density at radius 1 is 1.04 bits per heavy atom. The summed E-state index contributed by atoms with van der Waals surface area (Å²) in [4.78, 5) is 47.9. The van der Waals surface area contributed by atoms with Crippen LogP contribution in [0.15, 0.2) is 0 Å². The molecule has 0 saturated heterocycles. The van der Waals surface area contributed by atoms with Crippen molar-refractivity contribution < 1.29 is 34.3 Å². The van der Waals surface area contributed by atoms with Gasteiger partial charge in [0.05, 0.1) is 19.1 Å². The van der Waals surface area contributed by atoms with Crippen LogP contribution in [0, 0.1) is 5.92 Å². The molecular weight excluding hydrogens is 371 g/mol. The van der Waals surface area contributed by atoms with Crippen molar-refractivity contribution in [1.29, 1.82) is 0 Å². The van der Waals surface area contributed by atoms with Crippen LogP contribution in [0.4, 0.5) is 0 Å². The Bertz CT molecular complexity index is 567. The highest BCUT2D eigenvalue weighted by molar-refractivity contribution is 6.41. The van der Waals surface area contributed by atoms with Crippen LogP contribution in [0.25, 0.3) is 0 Å². The number of amides is 4. The van der Waals surface area contributed by atoms with E-state index in [2.05, 4.69) is 21.3 Å². The third-order valence-electron chi connectivity index (χ3n) is 4.48. The van der Waals surface area contributed by atoms with E-state index in [0.29, 0.717) is 0 Å². The molecule has 0 bridgehead atoms. The Morgan fingerprint density at radius 2 is 1.64 bits per heavy atom. The largest absolute Gasteiger partial charge is 0.472 e. The minimum atomic E-state index is -1.72. The second-order valence-electron chi connectivity index (χ2n) is 6.95. The van der Waals surface area contributed by atoms with E-state index in [1.165, 1.54) is 13.8 Å². The lowest BCUT2D eigenvalue weighted by Crippen LogP contribution is -2.59. The zero-order valence-corrected chi connectivity index (χ0v) is 16.1. The summed E-state index contributed by atoms with van der Waals surface area (Å²) < 4.78 is 0. The van der Waals surface area contributed by atoms with Gasteiger partial charge in [0.1, 0.15) is 12.1 Å². The van der Waals surface area contributed by atoms with Crippen LogP contribution in [-0.2, 0) is 19.2 Å². The lowest BCUT2D eigenvalue weighted by molar-refractivity contribution is -0.135. The van der Waals surface area contributed by atoms with Crippen molar-refractivity contribution in [2.75, 3.05) is 13.0 Å². The molecule has 0 aromatic heterocycles. The van der Waals surface area contributed by atoms with E-state index in [1.54, 1.807) is 0 Å². The zero-order valence-electron chi connectivity index (χ0n) is 16.1. The molecule has 0 aromatic rings. The van der Waals surface area contributed by atoms with Gasteiger partial charge in [-0.3, -0.25) is 19.2 Å². The molecule has 1 unspecified atom stereocenters. The number of hydrogen-bond acceptors (Lipinski definition) is 7. The fourth-order valence-electron chi connectivity index (χ4n) is 3.10. The van der Waals surface area contributed by atoms with E-state index in [4.69, 9.17) is 10.0 Å². The van der Waals surface area contributed by atoms with Crippen molar-refractivity contribution in [2.45, 2.75) is 57.7 Å². The molecule has 158 valence electrons. The lowest BCUT2D eigenvalue weighted by Gasteiger charge is -2.27. The first kappa shape index (κ1) is 23.9. The molecule has 12 heteroatoms. The molecule has 1 fully saturated rings. The first-order valence-electron chi connectivity index (χ1n) is 9.28. The first-order chi connectivity index (χ1) is 13.1. The lowest BCUT2D eigenvalue weighted by atomic mass is 9.92. The van der Waals surface area contributed by atoms with Gasteiger partial charge in [-0.15, -0.1) is 0 Å². The fraction of sp³-hybridized carbons (Fsp3) is 0.750. The van der Waals surface area contributed by atoms with Crippen LogP contribution < -0.4 is 21.3 Å². The average molecular weight is 400 g/mol. The van der Waals surface area contributed by atoms with Gasteiger partial charge < -0.3 is 36.4 Å². The smallest absolute Gasteiger partial charge is 0.426 e. The molecule has 28 heavy (non-hydrogen) atoms. The van der Waals surface area contributed by atoms with Crippen molar-refractivity contribution in [3.63, 3.8) is 0 Å². The highest BCUT2D eigenvalue weighted by atomic mass is 16.4. The van der Waals surface area contributed by atoms with E-state index < -0.39 is 56.0 Å². The molecule has 0 spiro atoms. The van der Waals surface area contributed by atoms with Gasteiger partial charge in [-0.05, 0) is 25.7 Å². The third kappa shape index (κ3) is 8.23. The van der Waals surface area contributed by atoms with Gasteiger partial charge in [-0.1, -0.05) is 12.8 Å². The normalized spacial score (nSPS) is 17.2. The monoisotopic (exact) mass is 400 g/mol. The van der Waals surface area contributed by atoms with E-state index in [0.717, 1.165) is 25.7 Å². The summed E-state index contributed by atoms with van der Waals surface area (Å²) in [5.74, 6) is -2.43. The average Bonchev–Trinajstić information content (AvgIpc) is 3.13. The maximum atomic E-state index is 12.6. The third-order valence-corrected chi connectivity index (χ3v) is 4.48. The van der Waals surface area contributed by atoms with Crippen LogP contribution in [0.5, 0.6) is 0 Å². The quantitative estimate of drug-likeness (QED) is 0.189. The molecule has 3 atom stereocenters. The van der Waals surface area contributed by atoms with Crippen LogP contribution in [0.1, 0.15) is 39.5 Å². The van der Waals surface area contributed by atoms with Crippen molar-refractivity contribution in [2.24, 2.45) is 5.92 Å². The molecule has 1 rings (SSSR count). The number of aliphatic hydroxyl groups is 1. The number of rotatable bonds is 10. The molecular formula is C16H29BN4O7. The van der Waals surface area contributed by atoms with Gasteiger partial charge in [-0.25, -0.2) is 0 Å². The summed E-state index contributed by atoms with van der Waals surface area (Å²) in [7, 11) is -1.72. The van der Waals surface area contributed by atoms with Gasteiger partial charge in [0, 0.05) is 6.92 Å². The van der Waals surface area contributed by atoms with E-state index >= 15 is 0 Å². The molecule has 0 radical (unpaired) electrons. The van der Waals surface area contributed by atoms with Gasteiger partial charge >= 0.3 is 7.12 Å². The van der Waals surface area contributed by atoms with Crippen molar-refractivity contribution in [1.82, 2.24) is 21.3 Å². The second kappa shape index (κ2) is 11.6. The molecule has 1 aliphatic carbocycles. The number of carbonyl (C=O) groups excluding carboxylic acids is 4. The van der Waals surface area contributed by atoms with Crippen LogP contribution in [0.2, 0.25) is 0 Å². The minimum Gasteiger partial charge on any atom is -0.426 e. The molecule has 11 nitrogen and oxygen atoms in total. The van der Waals surface area contributed by atoms with Crippen molar-refractivity contribution >= 4 is 30.7 Å². The Labute approximate surface area is 163 Å². The number of aliphatic hydroxyl groups excluding tert-OH is 1. The summed E-state index contributed by atoms with van der Waals surface area (Å²) in [5.41, 5.74) is 0. The van der Waals surface area contributed by atoms with E-state index in [9.17, 15) is 24.3 Å². The van der Waals surface area contributed by atoms with Crippen LogP contribution in [0.3, 0.4) is 0 Å².